The van der Waals surface area contributed by atoms with Crippen LogP contribution in [0.1, 0.15) is 6.42 Å². The molecule has 0 amide bonds. The lowest BCUT2D eigenvalue weighted by Gasteiger charge is -2.36. The number of hydrogen-bond donors (Lipinski definition) is 1. The van der Waals surface area contributed by atoms with Gasteiger partial charge in [-0.1, -0.05) is 11.6 Å². The highest BCUT2D eigenvalue weighted by atomic mass is 35.5. The smallest absolute Gasteiger partial charge is 0.370 e. The Morgan fingerprint density at radius 1 is 1.11 bits per heavy atom. The average molecular weight is 404 g/mol. The second-order valence-electron chi connectivity index (χ2n) is 7.15. The molecule has 0 saturated carbocycles. The predicted molar refractivity (Wildman–Crippen MR) is 102 cm³/mol. The zero-order chi connectivity index (χ0) is 19.4. The highest BCUT2D eigenvalue weighted by Crippen LogP contribution is 2.23. The quantitative estimate of drug-likeness (QED) is 0.620. The third kappa shape index (κ3) is 5.90. The number of aliphatic imine (C=N–C) groups is 1. The summed E-state index contributed by atoms with van der Waals surface area (Å²) < 4.78 is 37.4. The minimum atomic E-state index is -4.14. The third-order valence-corrected chi connectivity index (χ3v) is 5.33. The van der Waals surface area contributed by atoms with E-state index in [1.807, 2.05) is 29.2 Å². The van der Waals surface area contributed by atoms with Gasteiger partial charge in [-0.25, -0.2) is 0 Å². The number of rotatable bonds is 4. The Kier molecular flexibility index (Phi) is 6.37. The van der Waals surface area contributed by atoms with Gasteiger partial charge in [0.05, 0.1) is 6.54 Å². The lowest BCUT2D eigenvalue weighted by molar-refractivity contribution is -0.143. The van der Waals surface area contributed by atoms with E-state index < -0.39 is 12.7 Å². The van der Waals surface area contributed by atoms with Gasteiger partial charge in [0.2, 0.25) is 0 Å². The summed E-state index contributed by atoms with van der Waals surface area (Å²) in [6.45, 7) is 3.75. The molecule has 9 heteroatoms. The van der Waals surface area contributed by atoms with Gasteiger partial charge < -0.3 is 15.5 Å². The number of benzene rings is 1. The van der Waals surface area contributed by atoms with E-state index in [-0.39, 0.29) is 5.92 Å². The molecule has 2 aliphatic heterocycles. The van der Waals surface area contributed by atoms with E-state index in [1.165, 1.54) is 4.90 Å². The van der Waals surface area contributed by atoms with Gasteiger partial charge in [-0.3, -0.25) is 9.89 Å². The zero-order valence-electron chi connectivity index (χ0n) is 15.1. The van der Waals surface area contributed by atoms with Crippen LogP contribution in [0.15, 0.2) is 29.3 Å². The standard InChI is InChI=1S/C18H25ClF3N5/c19-15-1-3-16(4-2-15)26-7-9-27(10-8-26)17(23)24-11-14-5-6-25(12-14)13-18(20,21)22/h1-4,14H,5-13H2,(H2,23,24). The van der Waals surface area contributed by atoms with Gasteiger partial charge in [-0.05, 0) is 43.1 Å². The molecule has 1 aromatic carbocycles. The Hall–Kier alpha value is -1.67. The molecule has 2 N–H and O–H groups in total. The van der Waals surface area contributed by atoms with E-state index >= 15 is 0 Å². The summed E-state index contributed by atoms with van der Waals surface area (Å²) in [5.74, 6) is 0.626. The average Bonchev–Trinajstić information content (AvgIpc) is 3.06. The van der Waals surface area contributed by atoms with Crippen LogP contribution in [-0.4, -0.2) is 74.3 Å². The van der Waals surface area contributed by atoms with Crippen molar-refractivity contribution in [3.8, 4) is 0 Å². The van der Waals surface area contributed by atoms with Gasteiger partial charge >= 0.3 is 6.18 Å². The molecule has 1 aromatic rings. The molecule has 0 aliphatic carbocycles. The van der Waals surface area contributed by atoms with Crippen LogP contribution in [0, 0.1) is 5.92 Å². The number of piperazine rings is 1. The number of hydrogen-bond acceptors (Lipinski definition) is 3. The molecule has 150 valence electrons. The van der Waals surface area contributed by atoms with Crippen LogP contribution >= 0.6 is 11.6 Å². The highest BCUT2D eigenvalue weighted by Gasteiger charge is 2.34. The molecule has 2 heterocycles. The van der Waals surface area contributed by atoms with Crippen molar-refractivity contribution < 1.29 is 13.2 Å². The maximum atomic E-state index is 12.5. The summed E-state index contributed by atoms with van der Waals surface area (Å²) in [6.07, 6.45) is -3.40. The van der Waals surface area contributed by atoms with E-state index in [0.29, 0.717) is 25.6 Å². The summed E-state index contributed by atoms with van der Waals surface area (Å²) in [4.78, 5) is 10.2. The van der Waals surface area contributed by atoms with Crippen molar-refractivity contribution in [2.24, 2.45) is 16.6 Å². The minimum Gasteiger partial charge on any atom is -0.370 e. The Labute approximate surface area is 162 Å². The summed E-state index contributed by atoms with van der Waals surface area (Å²) in [7, 11) is 0. The molecule has 0 spiro atoms. The molecule has 2 saturated heterocycles. The molecule has 5 nitrogen and oxygen atoms in total. The Morgan fingerprint density at radius 2 is 1.78 bits per heavy atom. The van der Waals surface area contributed by atoms with Gasteiger partial charge in [0.15, 0.2) is 5.96 Å². The van der Waals surface area contributed by atoms with Crippen LogP contribution in [0.25, 0.3) is 0 Å². The van der Waals surface area contributed by atoms with Crippen molar-refractivity contribution in [1.82, 2.24) is 9.80 Å². The van der Waals surface area contributed by atoms with Crippen molar-refractivity contribution in [3.63, 3.8) is 0 Å². The molecule has 2 fully saturated rings. The number of anilines is 1. The second-order valence-corrected chi connectivity index (χ2v) is 7.59. The number of guanidine groups is 1. The lowest BCUT2D eigenvalue weighted by Crippen LogP contribution is -2.51. The molecular weight excluding hydrogens is 379 g/mol. The predicted octanol–water partition coefficient (Wildman–Crippen LogP) is 2.66. The fourth-order valence-electron chi connectivity index (χ4n) is 3.63. The molecule has 0 bridgehead atoms. The van der Waals surface area contributed by atoms with Crippen LogP contribution in [0.2, 0.25) is 5.02 Å². The minimum absolute atomic E-state index is 0.140. The van der Waals surface area contributed by atoms with Crippen molar-refractivity contribution in [1.29, 1.82) is 0 Å². The van der Waals surface area contributed by atoms with Crippen LogP contribution in [-0.2, 0) is 0 Å². The van der Waals surface area contributed by atoms with Crippen LogP contribution in [0.4, 0.5) is 18.9 Å². The highest BCUT2D eigenvalue weighted by molar-refractivity contribution is 6.30. The number of halogens is 4. The van der Waals surface area contributed by atoms with Gasteiger partial charge in [0, 0.05) is 50.0 Å². The summed E-state index contributed by atoms with van der Waals surface area (Å²) in [5, 5.41) is 0.717. The Bertz CT molecular complexity index is 641. The molecule has 0 aromatic heterocycles. The molecular formula is C18H25ClF3N5. The molecule has 3 rings (SSSR count). The van der Waals surface area contributed by atoms with Crippen LogP contribution < -0.4 is 10.6 Å². The monoisotopic (exact) mass is 403 g/mol. The SMILES string of the molecule is NC(=NCC1CCN(CC(F)(F)F)C1)N1CCN(c2ccc(Cl)cc2)CC1. The third-order valence-electron chi connectivity index (χ3n) is 5.08. The van der Waals surface area contributed by atoms with E-state index in [4.69, 9.17) is 17.3 Å². The van der Waals surface area contributed by atoms with E-state index in [1.54, 1.807) is 0 Å². The summed E-state index contributed by atoms with van der Waals surface area (Å²) in [6, 6.07) is 7.76. The maximum Gasteiger partial charge on any atom is 0.401 e. The molecule has 1 atom stereocenters. The van der Waals surface area contributed by atoms with E-state index in [0.717, 1.165) is 43.3 Å². The number of nitrogens with zero attached hydrogens (tertiary/aromatic N) is 4. The van der Waals surface area contributed by atoms with E-state index in [9.17, 15) is 13.2 Å². The van der Waals surface area contributed by atoms with Crippen LogP contribution in [0.3, 0.4) is 0 Å². The van der Waals surface area contributed by atoms with Gasteiger partial charge in [0.1, 0.15) is 0 Å². The van der Waals surface area contributed by atoms with Crippen LogP contribution in [0.5, 0.6) is 0 Å². The van der Waals surface area contributed by atoms with Crippen molar-refractivity contribution in [3.05, 3.63) is 29.3 Å². The largest absolute Gasteiger partial charge is 0.401 e. The summed E-state index contributed by atoms with van der Waals surface area (Å²) in [5.41, 5.74) is 7.24. The number of nitrogens with two attached hydrogens (primary N) is 1. The van der Waals surface area contributed by atoms with Crippen molar-refractivity contribution in [2.45, 2.75) is 12.6 Å². The van der Waals surface area contributed by atoms with Crippen molar-refractivity contribution >= 4 is 23.2 Å². The molecule has 1 unspecified atom stereocenters. The number of likely N-dealkylation sites (tertiary alicyclic amines) is 1. The first-order chi connectivity index (χ1) is 12.8. The summed E-state index contributed by atoms with van der Waals surface area (Å²) >= 11 is 5.93. The molecule has 0 radical (unpaired) electrons. The Morgan fingerprint density at radius 3 is 2.41 bits per heavy atom. The van der Waals surface area contributed by atoms with Gasteiger partial charge in [0.25, 0.3) is 0 Å². The first kappa shape index (κ1) is 20.1. The first-order valence-electron chi connectivity index (χ1n) is 9.14. The second kappa shape index (κ2) is 8.56. The fraction of sp³-hybridized carbons (Fsp3) is 0.611. The van der Waals surface area contributed by atoms with Gasteiger partial charge in [-0.2, -0.15) is 13.2 Å². The zero-order valence-corrected chi connectivity index (χ0v) is 15.9. The normalized spacial score (nSPS) is 22.5. The lowest BCUT2D eigenvalue weighted by atomic mass is 10.1. The fourth-order valence-corrected chi connectivity index (χ4v) is 3.75. The maximum absolute atomic E-state index is 12.5. The van der Waals surface area contributed by atoms with Gasteiger partial charge in [-0.15, -0.1) is 0 Å². The molecule has 27 heavy (non-hydrogen) atoms. The number of alkyl halides is 3. The Balaban J connectivity index is 1.44. The van der Waals surface area contributed by atoms with E-state index in [2.05, 4.69) is 9.89 Å². The molecule has 2 aliphatic rings. The topological polar surface area (TPSA) is 48.1 Å². The van der Waals surface area contributed by atoms with Crippen molar-refractivity contribution in [2.75, 3.05) is 57.3 Å². The first-order valence-corrected chi connectivity index (χ1v) is 9.52.